The van der Waals surface area contributed by atoms with E-state index < -0.39 is 11.2 Å². The van der Waals surface area contributed by atoms with Crippen molar-refractivity contribution in [3.63, 3.8) is 0 Å². The Kier molecular flexibility index (Phi) is 3.11. The van der Waals surface area contributed by atoms with E-state index in [2.05, 4.69) is 14.2 Å². The molecule has 0 amide bonds. The smallest absolute Gasteiger partial charge is 0.236 e. The number of rotatable bonds is 1. The lowest BCUT2D eigenvalue weighted by atomic mass is 10.1. The fourth-order valence-electron chi connectivity index (χ4n) is 2.50. The number of nitrogens with two attached hydrogens (primary N) is 1. The molecule has 0 radical (unpaired) electrons. The van der Waals surface area contributed by atoms with Gasteiger partial charge in [0.1, 0.15) is 5.58 Å². The van der Waals surface area contributed by atoms with Crippen LogP contribution in [0.4, 0.5) is 5.13 Å². The van der Waals surface area contributed by atoms with E-state index in [0.29, 0.717) is 31.9 Å². The maximum absolute atomic E-state index is 12.6. The van der Waals surface area contributed by atoms with Crippen molar-refractivity contribution < 1.29 is 9.52 Å². The van der Waals surface area contributed by atoms with E-state index >= 15 is 0 Å². The summed E-state index contributed by atoms with van der Waals surface area (Å²) in [7, 11) is 2.58. The van der Waals surface area contributed by atoms with Crippen LogP contribution in [0.5, 0.6) is 5.75 Å². The minimum Gasteiger partial charge on any atom is -0.502 e. The quantitative estimate of drug-likeness (QED) is 0.519. The van der Waals surface area contributed by atoms with Crippen molar-refractivity contribution in [3.05, 3.63) is 46.6 Å². The minimum absolute atomic E-state index is 0.157. The Morgan fingerprint density at radius 1 is 1.17 bits per heavy atom. The first kappa shape index (κ1) is 14.2. The highest BCUT2D eigenvalue weighted by atomic mass is 32.1. The first-order valence-corrected chi connectivity index (χ1v) is 8.14. The van der Waals surface area contributed by atoms with Crippen LogP contribution in [0.1, 0.15) is 0 Å². The SMILES string of the molecule is Nc1nc2ccc3oc(-c4ccc(P)cc4)c(O)c(=O)c3c2s1. The summed E-state index contributed by atoms with van der Waals surface area (Å²) in [6.07, 6.45) is 0. The van der Waals surface area contributed by atoms with Gasteiger partial charge in [-0.15, -0.1) is 9.24 Å². The second kappa shape index (κ2) is 5.05. The second-order valence-corrected chi connectivity index (χ2v) is 6.77. The van der Waals surface area contributed by atoms with Crippen LogP contribution >= 0.6 is 20.6 Å². The number of nitrogen functional groups attached to an aromatic ring is 1. The molecule has 7 heteroatoms. The van der Waals surface area contributed by atoms with Crippen LogP contribution < -0.4 is 16.5 Å². The molecule has 0 aliphatic rings. The van der Waals surface area contributed by atoms with Crippen molar-refractivity contribution in [2.24, 2.45) is 0 Å². The van der Waals surface area contributed by atoms with Crippen LogP contribution in [0.25, 0.3) is 32.5 Å². The number of hydrogen-bond donors (Lipinski definition) is 2. The number of anilines is 1. The van der Waals surface area contributed by atoms with Crippen LogP contribution in [0, 0.1) is 0 Å². The van der Waals surface area contributed by atoms with E-state index in [1.165, 1.54) is 11.3 Å². The molecule has 0 saturated carbocycles. The molecule has 0 aliphatic carbocycles. The average molecular weight is 342 g/mol. The van der Waals surface area contributed by atoms with Crippen LogP contribution in [0.3, 0.4) is 0 Å². The topological polar surface area (TPSA) is 89.3 Å². The number of thiazole rings is 1. The van der Waals surface area contributed by atoms with Crippen molar-refractivity contribution in [2.45, 2.75) is 0 Å². The van der Waals surface area contributed by atoms with E-state index in [1.807, 2.05) is 12.1 Å². The summed E-state index contributed by atoms with van der Waals surface area (Å²) in [5, 5.41) is 12.0. The van der Waals surface area contributed by atoms with Crippen LogP contribution in [-0.2, 0) is 0 Å². The van der Waals surface area contributed by atoms with Gasteiger partial charge in [0.05, 0.1) is 15.6 Å². The normalized spacial score (nSPS) is 11.3. The Morgan fingerprint density at radius 2 is 1.91 bits per heavy atom. The van der Waals surface area contributed by atoms with Gasteiger partial charge in [0.15, 0.2) is 10.9 Å². The highest BCUT2D eigenvalue weighted by molar-refractivity contribution is 7.27. The zero-order chi connectivity index (χ0) is 16.1. The Bertz CT molecular complexity index is 1120. The molecule has 23 heavy (non-hydrogen) atoms. The maximum atomic E-state index is 12.6. The molecule has 0 bridgehead atoms. The molecule has 5 nitrogen and oxygen atoms in total. The fourth-order valence-corrected chi connectivity index (χ4v) is 3.56. The molecule has 4 rings (SSSR count). The molecule has 1 atom stereocenters. The lowest BCUT2D eigenvalue weighted by molar-refractivity contribution is 0.449. The molecule has 2 heterocycles. The van der Waals surface area contributed by atoms with Gasteiger partial charge in [-0.3, -0.25) is 4.79 Å². The molecule has 0 aliphatic heterocycles. The average Bonchev–Trinajstić information content (AvgIpc) is 2.91. The third-order valence-electron chi connectivity index (χ3n) is 3.58. The van der Waals surface area contributed by atoms with Crippen molar-refractivity contribution in [3.8, 4) is 17.1 Å². The number of fused-ring (bicyclic) bond motifs is 3. The largest absolute Gasteiger partial charge is 0.502 e. The van der Waals surface area contributed by atoms with Crippen molar-refractivity contribution in [1.29, 1.82) is 0 Å². The first-order chi connectivity index (χ1) is 11.0. The van der Waals surface area contributed by atoms with Gasteiger partial charge in [-0.05, 0) is 17.4 Å². The summed E-state index contributed by atoms with van der Waals surface area (Å²) in [4.78, 5) is 16.8. The van der Waals surface area contributed by atoms with Gasteiger partial charge in [0, 0.05) is 5.56 Å². The summed E-state index contributed by atoms with van der Waals surface area (Å²) >= 11 is 1.20. The molecule has 0 spiro atoms. The summed E-state index contributed by atoms with van der Waals surface area (Å²) in [6.45, 7) is 0. The molecule has 2 aromatic heterocycles. The number of aromatic hydroxyl groups is 1. The van der Waals surface area contributed by atoms with Crippen LogP contribution in [0.2, 0.25) is 0 Å². The van der Waals surface area contributed by atoms with E-state index in [9.17, 15) is 9.90 Å². The van der Waals surface area contributed by atoms with E-state index in [4.69, 9.17) is 10.2 Å². The Balaban J connectivity index is 2.09. The van der Waals surface area contributed by atoms with Gasteiger partial charge in [0.25, 0.3) is 0 Å². The maximum Gasteiger partial charge on any atom is 0.236 e. The van der Waals surface area contributed by atoms with Crippen LogP contribution in [0.15, 0.2) is 45.6 Å². The molecular formula is C16H11N2O3PS. The molecule has 114 valence electrons. The standard InChI is InChI=1S/C16H11N2O3PS/c17-16-18-9-5-6-10-11(15(9)23-16)12(19)13(20)14(21-10)7-1-3-8(22)4-2-7/h1-6,20H,22H2,(H2,17,18). The lowest BCUT2D eigenvalue weighted by Crippen LogP contribution is -2.03. The Hall–Kier alpha value is -2.43. The monoisotopic (exact) mass is 342 g/mol. The lowest BCUT2D eigenvalue weighted by Gasteiger charge is -2.06. The predicted octanol–water partition coefficient (Wildman–Crippen LogP) is 2.86. The molecule has 0 saturated heterocycles. The van der Waals surface area contributed by atoms with Crippen molar-refractivity contribution in [1.82, 2.24) is 4.98 Å². The summed E-state index contributed by atoms with van der Waals surface area (Å²) in [5.74, 6) is -0.252. The van der Waals surface area contributed by atoms with Crippen LogP contribution in [-0.4, -0.2) is 10.1 Å². The van der Waals surface area contributed by atoms with Gasteiger partial charge in [-0.2, -0.15) is 0 Å². The minimum atomic E-state index is -0.481. The summed E-state index contributed by atoms with van der Waals surface area (Å²) in [5.41, 5.74) is 6.88. The molecule has 4 aromatic rings. The first-order valence-electron chi connectivity index (χ1n) is 6.75. The third-order valence-corrected chi connectivity index (χ3v) is 4.88. The van der Waals surface area contributed by atoms with Gasteiger partial charge in [-0.25, -0.2) is 4.98 Å². The predicted molar refractivity (Wildman–Crippen MR) is 96.5 cm³/mol. The third kappa shape index (κ3) is 2.19. The van der Waals surface area contributed by atoms with Gasteiger partial charge in [0.2, 0.25) is 11.2 Å². The molecule has 3 N–H and O–H groups in total. The summed E-state index contributed by atoms with van der Waals surface area (Å²) < 4.78 is 6.42. The molecular weight excluding hydrogens is 331 g/mol. The van der Waals surface area contributed by atoms with Crippen molar-refractivity contribution >= 4 is 52.2 Å². The Morgan fingerprint density at radius 3 is 2.65 bits per heavy atom. The van der Waals surface area contributed by atoms with Gasteiger partial charge >= 0.3 is 0 Å². The highest BCUT2D eigenvalue weighted by Crippen LogP contribution is 2.35. The number of hydrogen-bond acceptors (Lipinski definition) is 6. The molecule has 2 aromatic carbocycles. The Labute approximate surface area is 136 Å². The second-order valence-electron chi connectivity index (χ2n) is 5.07. The highest BCUT2D eigenvalue weighted by Gasteiger charge is 2.18. The number of nitrogens with zero attached hydrogens (tertiary/aromatic N) is 1. The van der Waals surface area contributed by atoms with Gasteiger partial charge < -0.3 is 15.3 Å². The van der Waals surface area contributed by atoms with Gasteiger partial charge in [-0.1, -0.05) is 35.6 Å². The fraction of sp³-hybridized carbons (Fsp3) is 0. The summed E-state index contributed by atoms with van der Waals surface area (Å²) in [6, 6.07) is 10.7. The zero-order valence-corrected chi connectivity index (χ0v) is 13.7. The molecule has 0 fully saturated rings. The number of benzene rings is 2. The zero-order valence-electron chi connectivity index (χ0n) is 11.7. The molecule has 1 unspecified atom stereocenters. The van der Waals surface area contributed by atoms with E-state index in [-0.39, 0.29) is 5.76 Å². The number of aromatic nitrogens is 1. The van der Waals surface area contributed by atoms with Crippen molar-refractivity contribution in [2.75, 3.05) is 5.73 Å². The van der Waals surface area contributed by atoms with E-state index in [1.54, 1.807) is 24.3 Å². The van der Waals surface area contributed by atoms with E-state index in [0.717, 1.165) is 5.30 Å².